The molecule has 6 heteroatoms. The summed E-state index contributed by atoms with van der Waals surface area (Å²) in [4.78, 5) is 23.5. The summed E-state index contributed by atoms with van der Waals surface area (Å²) in [6, 6.07) is 6.98. The van der Waals surface area contributed by atoms with Crippen molar-refractivity contribution in [2.75, 3.05) is 23.8 Å². The van der Waals surface area contributed by atoms with E-state index in [0.717, 1.165) is 0 Å². The predicted molar refractivity (Wildman–Crippen MR) is 81.0 cm³/mol. The summed E-state index contributed by atoms with van der Waals surface area (Å²) < 4.78 is 5.23. The van der Waals surface area contributed by atoms with Gasteiger partial charge in [0.05, 0.1) is 0 Å². The molecule has 1 aliphatic heterocycles. The molecule has 0 aliphatic carbocycles. The van der Waals surface area contributed by atoms with E-state index < -0.39 is 5.54 Å². The molecule has 21 heavy (non-hydrogen) atoms. The zero-order valence-electron chi connectivity index (χ0n) is 12.1. The van der Waals surface area contributed by atoms with Gasteiger partial charge in [-0.25, -0.2) is 0 Å². The number of nitrogens with one attached hydrogen (secondary N) is 2. The van der Waals surface area contributed by atoms with Crippen LogP contribution in [-0.4, -0.2) is 30.6 Å². The van der Waals surface area contributed by atoms with Crippen LogP contribution in [0, 0.1) is 0 Å². The summed E-state index contributed by atoms with van der Waals surface area (Å²) in [5, 5.41) is 5.56. The van der Waals surface area contributed by atoms with Crippen LogP contribution < -0.4 is 16.4 Å². The Kier molecular flexibility index (Phi) is 4.93. The SMILES string of the molecule is CCC(=O)Nc1ccc(NC(=O)C2(N)CCOCC2)cc1. The molecule has 114 valence electrons. The molecule has 1 fully saturated rings. The summed E-state index contributed by atoms with van der Waals surface area (Å²) in [5.41, 5.74) is 6.61. The first-order valence-electron chi connectivity index (χ1n) is 7.11. The third kappa shape index (κ3) is 4.03. The van der Waals surface area contributed by atoms with E-state index in [-0.39, 0.29) is 11.8 Å². The highest BCUT2D eigenvalue weighted by Crippen LogP contribution is 2.21. The fourth-order valence-electron chi connectivity index (χ4n) is 2.10. The number of carbonyl (C=O) groups is 2. The Morgan fingerprint density at radius 1 is 1.14 bits per heavy atom. The Hall–Kier alpha value is -1.92. The van der Waals surface area contributed by atoms with Crippen LogP contribution in [0.1, 0.15) is 26.2 Å². The Balaban J connectivity index is 1.96. The van der Waals surface area contributed by atoms with Gasteiger partial charge in [-0.15, -0.1) is 0 Å². The van der Waals surface area contributed by atoms with Crippen molar-refractivity contribution in [2.24, 2.45) is 5.73 Å². The molecule has 1 saturated heterocycles. The topological polar surface area (TPSA) is 93.5 Å². The quantitative estimate of drug-likeness (QED) is 0.783. The van der Waals surface area contributed by atoms with Gasteiger partial charge in [-0.3, -0.25) is 9.59 Å². The van der Waals surface area contributed by atoms with Crippen molar-refractivity contribution in [3.8, 4) is 0 Å². The Labute approximate surface area is 124 Å². The molecule has 1 heterocycles. The fourth-order valence-corrected chi connectivity index (χ4v) is 2.10. The lowest BCUT2D eigenvalue weighted by Crippen LogP contribution is -2.54. The van der Waals surface area contributed by atoms with E-state index in [2.05, 4.69) is 10.6 Å². The Morgan fingerprint density at radius 3 is 2.19 bits per heavy atom. The van der Waals surface area contributed by atoms with Crippen LogP contribution >= 0.6 is 0 Å². The standard InChI is InChI=1S/C15H21N3O3/c1-2-13(19)17-11-3-5-12(6-4-11)18-14(20)15(16)7-9-21-10-8-15/h3-6H,2,7-10,16H2,1H3,(H,17,19)(H,18,20). The normalized spacial score (nSPS) is 17.0. The van der Waals surface area contributed by atoms with Crippen molar-refractivity contribution >= 4 is 23.2 Å². The van der Waals surface area contributed by atoms with Gasteiger partial charge in [-0.2, -0.15) is 0 Å². The van der Waals surface area contributed by atoms with Gasteiger partial charge in [0.15, 0.2) is 0 Å². The number of anilines is 2. The molecule has 2 amide bonds. The van der Waals surface area contributed by atoms with E-state index in [0.29, 0.717) is 43.9 Å². The molecule has 4 N–H and O–H groups in total. The number of ether oxygens (including phenoxy) is 1. The lowest BCUT2D eigenvalue weighted by Gasteiger charge is -2.31. The van der Waals surface area contributed by atoms with Crippen LogP contribution in [0.15, 0.2) is 24.3 Å². The highest BCUT2D eigenvalue weighted by Gasteiger charge is 2.35. The number of benzene rings is 1. The van der Waals surface area contributed by atoms with Crippen molar-refractivity contribution < 1.29 is 14.3 Å². The van der Waals surface area contributed by atoms with Crippen molar-refractivity contribution in [3.05, 3.63) is 24.3 Å². The van der Waals surface area contributed by atoms with Gasteiger partial charge in [0.25, 0.3) is 0 Å². The highest BCUT2D eigenvalue weighted by atomic mass is 16.5. The van der Waals surface area contributed by atoms with E-state index in [9.17, 15) is 9.59 Å². The van der Waals surface area contributed by atoms with Gasteiger partial charge in [0.2, 0.25) is 11.8 Å². The van der Waals surface area contributed by atoms with Gasteiger partial charge in [-0.1, -0.05) is 6.92 Å². The number of amides is 2. The number of hydrogen-bond donors (Lipinski definition) is 3. The number of carbonyl (C=O) groups excluding carboxylic acids is 2. The summed E-state index contributed by atoms with van der Waals surface area (Å²) >= 11 is 0. The molecular formula is C15H21N3O3. The molecular weight excluding hydrogens is 270 g/mol. The van der Waals surface area contributed by atoms with Crippen molar-refractivity contribution in [3.63, 3.8) is 0 Å². The van der Waals surface area contributed by atoms with Crippen LogP contribution in [0.5, 0.6) is 0 Å². The van der Waals surface area contributed by atoms with E-state index in [4.69, 9.17) is 10.5 Å². The molecule has 1 aliphatic rings. The average Bonchev–Trinajstić information content (AvgIpc) is 2.50. The Morgan fingerprint density at radius 2 is 1.67 bits per heavy atom. The highest BCUT2D eigenvalue weighted by molar-refractivity contribution is 5.98. The van der Waals surface area contributed by atoms with E-state index in [1.54, 1.807) is 31.2 Å². The first kappa shape index (κ1) is 15.5. The molecule has 0 aromatic heterocycles. The number of rotatable bonds is 4. The van der Waals surface area contributed by atoms with Crippen LogP contribution in [0.4, 0.5) is 11.4 Å². The van der Waals surface area contributed by atoms with E-state index in [1.807, 2.05) is 0 Å². The molecule has 0 bridgehead atoms. The summed E-state index contributed by atoms with van der Waals surface area (Å²) in [6.45, 7) is 2.80. The molecule has 0 unspecified atom stereocenters. The van der Waals surface area contributed by atoms with Crippen LogP contribution in [-0.2, 0) is 14.3 Å². The second-order valence-electron chi connectivity index (χ2n) is 5.20. The van der Waals surface area contributed by atoms with Gasteiger partial charge in [0.1, 0.15) is 5.54 Å². The average molecular weight is 291 g/mol. The summed E-state index contributed by atoms with van der Waals surface area (Å²) in [5.74, 6) is -0.244. The van der Waals surface area contributed by atoms with Crippen LogP contribution in [0.3, 0.4) is 0 Å². The molecule has 6 nitrogen and oxygen atoms in total. The lowest BCUT2D eigenvalue weighted by molar-refractivity contribution is -0.124. The lowest BCUT2D eigenvalue weighted by atomic mass is 9.90. The van der Waals surface area contributed by atoms with Crippen LogP contribution in [0.25, 0.3) is 0 Å². The van der Waals surface area contributed by atoms with Crippen molar-refractivity contribution in [1.82, 2.24) is 0 Å². The maximum Gasteiger partial charge on any atom is 0.244 e. The smallest absolute Gasteiger partial charge is 0.244 e. The van der Waals surface area contributed by atoms with E-state index in [1.165, 1.54) is 0 Å². The summed E-state index contributed by atoms with van der Waals surface area (Å²) in [7, 11) is 0. The minimum atomic E-state index is -0.868. The fraction of sp³-hybridized carbons (Fsp3) is 0.467. The third-order valence-electron chi connectivity index (χ3n) is 3.58. The largest absolute Gasteiger partial charge is 0.381 e. The van der Waals surface area contributed by atoms with Gasteiger partial charge >= 0.3 is 0 Å². The van der Waals surface area contributed by atoms with Crippen LogP contribution in [0.2, 0.25) is 0 Å². The van der Waals surface area contributed by atoms with Crippen molar-refractivity contribution in [2.45, 2.75) is 31.7 Å². The molecule has 2 rings (SSSR count). The second kappa shape index (κ2) is 6.69. The second-order valence-corrected chi connectivity index (χ2v) is 5.20. The van der Waals surface area contributed by atoms with Gasteiger partial charge in [-0.05, 0) is 37.1 Å². The molecule has 1 aromatic rings. The van der Waals surface area contributed by atoms with Crippen molar-refractivity contribution in [1.29, 1.82) is 0 Å². The molecule has 0 spiro atoms. The molecule has 0 atom stereocenters. The predicted octanol–water partition coefficient (Wildman–Crippen LogP) is 1.48. The Bertz CT molecular complexity index is 507. The molecule has 1 aromatic carbocycles. The molecule has 0 radical (unpaired) electrons. The zero-order valence-corrected chi connectivity index (χ0v) is 12.1. The first-order valence-corrected chi connectivity index (χ1v) is 7.11. The minimum Gasteiger partial charge on any atom is -0.381 e. The minimum absolute atomic E-state index is 0.0464. The number of nitrogens with two attached hydrogens (primary N) is 1. The molecule has 0 saturated carbocycles. The zero-order chi connectivity index (χ0) is 15.3. The first-order chi connectivity index (χ1) is 10.0. The number of hydrogen-bond acceptors (Lipinski definition) is 4. The third-order valence-corrected chi connectivity index (χ3v) is 3.58. The summed E-state index contributed by atoms with van der Waals surface area (Å²) in [6.07, 6.45) is 1.46. The van der Waals surface area contributed by atoms with Gasteiger partial charge in [0, 0.05) is 31.0 Å². The van der Waals surface area contributed by atoms with E-state index >= 15 is 0 Å². The maximum atomic E-state index is 12.2. The van der Waals surface area contributed by atoms with Gasteiger partial charge < -0.3 is 21.1 Å². The maximum absolute atomic E-state index is 12.2. The monoisotopic (exact) mass is 291 g/mol.